The Morgan fingerprint density at radius 1 is 0.865 bits per heavy atom. The topological polar surface area (TPSA) is 116 Å². The molecule has 4 aromatic rings. The lowest BCUT2D eigenvalue weighted by Gasteiger charge is -2.29. The second kappa shape index (κ2) is 10.5. The Bertz CT molecular complexity index is 1370. The molecule has 3 N–H and O–H groups in total. The maximum Gasteiger partial charge on any atom is 0.162 e. The molecule has 0 unspecified atom stereocenters. The normalized spacial score (nSPS) is 16.1. The fourth-order valence-corrected chi connectivity index (χ4v) is 4.75. The van der Waals surface area contributed by atoms with Gasteiger partial charge in [-0.15, -0.1) is 0 Å². The summed E-state index contributed by atoms with van der Waals surface area (Å²) in [6.45, 7) is 7.41. The molecule has 0 radical (unpaired) electrons. The zero-order valence-electron chi connectivity index (χ0n) is 20.8. The van der Waals surface area contributed by atoms with Crippen LogP contribution in [-0.4, -0.2) is 84.4 Å². The van der Waals surface area contributed by atoms with Gasteiger partial charge >= 0.3 is 0 Å². The molecular formula is C26H30N10O. The summed E-state index contributed by atoms with van der Waals surface area (Å²) >= 11 is 0. The van der Waals surface area contributed by atoms with Crippen LogP contribution in [0, 0.1) is 0 Å². The van der Waals surface area contributed by atoms with Crippen LogP contribution in [0.3, 0.4) is 0 Å². The number of anilines is 4. The molecule has 0 aromatic carbocycles. The number of rotatable bonds is 6. The molecule has 37 heavy (non-hydrogen) atoms. The Hall–Kier alpha value is -4.09. The Labute approximate surface area is 215 Å². The third-order valence-corrected chi connectivity index (χ3v) is 6.67. The fraction of sp³-hybridized carbons (Fsp3) is 0.346. The van der Waals surface area contributed by atoms with E-state index in [1.807, 2.05) is 30.5 Å². The van der Waals surface area contributed by atoms with Crippen molar-refractivity contribution in [2.75, 3.05) is 74.6 Å². The number of fused-ring (bicyclic) bond motifs is 1. The van der Waals surface area contributed by atoms with Gasteiger partial charge in [0.15, 0.2) is 5.82 Å². The van der Waals surface area contributed by atoms with E-state index in [0.29, 0.717) is 17.4 Å². The van der Waals surface area contributed by atoms with Gasteiger partial charge in [0.2, 0.25) is 0 Å². The van der Waals surface area contributed by atoms with Gasteiger partial charge in [-0.05, 0) is 24.3 Å². The second-order valence-corrected chi connectivity index (χ2v) is 9.04. The molecule has 2 aliphatic rings. The van der Waals surface area contributed by atoms with Crippen LogP contribution in [-0.2, 0) is 0 Å². The minimum Gasteiger partial charge on any atom is -0.494 e. The van der Waals surface area contributed by atoms with E-state index in [1.165, 1.54) is 0 Å². The van der Waals surface area contributed by atoms with Gasteiger partial charge in [0, 0.05) is 64.1 Å². The van der Waals surface area contributed by atoms with Gasteiger partial charge in [-0.3, -0.25) is 4.98 Å². The van der Waals surface area contributed by atoms with Crippen LogP contribution in [0.25, 0.3) is 22.3 Å². The lowest BCUT2D eigenvalue weighted by Crippen LogP contribution is -2.44. The minimum atomic E-state index is 0.619. The van der Waals surface area contributed by atoms with Gasteiger partial charge in [-0.2, -0.15) is 0 Å². The van der Waals surface area contributed by atoms with Gasteiger partial charge in [0.05, 0.1) is 42.3 Å². The van der Waals surface area contributed by atoms with Crippen molar-refractivity contribution in [1.82, 2.24) is 35.6 Å². The first-order valence-corrected chi connectivity index (χ1v) is 12.6. The number of aromatic nitrogens is 5. The fourth-order valence-electron chi connectivity index (χ4n) is 4.75. The summed E-state index contributed by atoms with van der Waals surface area (Å²) in [6, 6.07) is 7.96. The highest BCUT2D eigenvalue weighted by Gasteiger charge is 2.21. The molecule has 0 spiro atoms. The summed E-state index contributed by atoms with van der Waals surface area (Å²) in [7, 11) is 1.65. The van der Waals surface area contributed by atoms with E-state index in [0.717, 1.165) is 86.1 Å². The maximum absolute atomic E-state index is 5.62. The third kappa shape index (κ3) is 4.95. The summed E-state index contributed by atoms with van der Waals surface area (Å²) < 4.78 is 5.62. The summed E-state index contributed by atoms with van der Waals surface area (Å²) in [4.78, 5) is 27.9. The average molecular weight is 499 g/mol. The van der Waals surface area contributed by atoms with Crippen LogP contribution in [0.4, 0.5) is 23.1 Å². The Kier molecular flexibility index (Phi) is 6.61. The molecule has 0 aliphatic carbocycles. The summed E-state index contributed by atoms with van der Waals surface area (Å²) in [5.41, 5.74) is 2.49. The lowest BCUT2D eigenvalue weighted by molar-refractivity contribution is 0.418. The molecule has 11 heteroatoms. The largest absolute Gasteiger partial charge is 0.494 e. The van der Waals surface area contributed by atoms with Crippen LogP contribution in [0.1, 0.15) is 0 Å². The van der Waals surface area contributed by atoms with E-state index in [-0.39, 0.29) is 0 Å². The molecule has 2 saturated heterocycles. The second-order valence-electron chi connectivity index (χ2n) is 9.04. The number of piperazine rings is 2. The van der Waals surface area contributed by atoms with Crippen LogP contribution < -0.4 is 30.5 Å². The molecule has 0 amide bonds. The minimum absolute atomic E-state index is 0.619. The van der Waals surface area contributed by atoms with Crippen molar-refractivity contribution in [3.63, 3.8) is 0 Å². The number of hydrogen-bond donors (Lipinski definition) is 3. The van der Waals surface area contributed by atoms with Gasteiger partial charge in [0.25, 0.3) is 0 Å². The van der Waals surface area contributed by atoms with Crippen molar-refractivity contribution in [2.24, 2.45) is 0 Å². The number of ether oxygens (including phenoxy) is 1. The molecule has 6 rings (SSSR count). The highest BCUT2D eigenvalue weighted by atomic mass is 16.5. The lowest BCUT2D eigenvalue weighted by atomic mass is 10.2. The Morgan fingerprint density at radius 2 is 1.65 bits per heavy atom. The zero-order chi connectivity index (χ0) is 25.0. The predicted octanol–water partition coefficient (Wildman–Crippen LogP) is 2.05. The van der Waals surface area contributed by atoms with Gasteiger partial charge in [-0.25, -0.2) is 19.9 Å². The van der Waals surface area contributed by atoms with Crippen molar-refractivity contribution in [2.45, 2.75) is 0 Å². The molecular weight excluding hydrogens is 468 g/mol. The quantitative estimate of drug-likeness (QED) is 0.363. The van der Waals surface area contributed by atoms with Crippen LogP contribution >= 0.6 is 0 Å². The average Bonchev–Trinajstić information content (AvgIpc) is 2.97. The molecule has 2 fully saturated rings. The number of hydrogen-bond acceptors (Lipinski definition) is 11. The third-order valence-electron chi connectivity index (χ3n) is 6.67. The molecule has 11 nitrogen and oxygen atoms in total. The van der Waals surface area contributed by atoms with Gasteiger partial charge in [0.1, 0.15) is 23.2 Å². The van der Waals surface area contributed by atoms with Crippen molar-refractivity contribution in [3.05, 3.63) is 49.1 Å². The van der Waals surface area contributed by atoms with Crippen molar-refractivity contribution < 1.29 is 4.74 Å². The first-order valence-electron chi connectivity index (χ1n) is 12.6. The molecule has 190 valence electrons. The monoisotopic (exact) mass is 498 g/mol. The molecule has 0 atom stereocenters. The van der Waals surface area contributed by atoms with Crippen LogP contribution in [0.15, 0.2) is 49.1 Å². The summed E-state index contributed by atoms with van der Waals surface area (Å²) in [6.07, 6.45) is 7.09. The predicted molar refractivity (Wildman–Crippen MR) is 145 cm³/mol. The number of pyridine rings is 3. The summed E-state index contributed by atoms with van der Waals surface area (Å²) in [5, 5.41) is 11.0. The van der Waals surface area contributed by atoms with E-state index in [2.05, 4.69) is 40.7 Å². The Morgan fingerprint density at radius 3 is 2.38 bits per heavy atom. The SMILES string of the molecule is COc1cncc2nc(-c3ccnc(Nc4ccc(N5CCNCC5)nc4)c3)nc(N3CCNCC3)c12. The van der Waals surface area contributed by atoms with E-state index in [9.17, 15) is 0 Å². The maximum atomic E-state index is 5.62. The summed E-state index contributed by atoms with van der Waals surface area (Å²) in [5.74, 6) is 3.84. The number of nitrogens with zero attached hydrogens (tertiary/aromatic N) is 7. The molecule has 0 bridgehead atoms. The van der Waals surface area contributed by atoms with Crippen LogP contribution in [0.5, 0.6) is 5.75 Å². The first kappa shape index (κ1) is 23.3. The van der Waals surface area contributed by atoms with Gasteiger partial charge in [-0.1, -0.05) is 0 Å². The van der Waals surface area contributed by atoms with E-state index in [1.54, 1.807) is 25.7 Å². The number of methoxy groups -OCH3 is 1. The molecule has 4 aromatic heterocycles. The first-order chi connectivity index (χ1) is 18.3. The van der Waals surface area contributed by atoms with Crippen molar-refractivity contribution >= 4 is 34.0 Å². The zero-order valence-corrected chi connectivity index (χ0v) is 20.8. The smallest absolute Gasteiger partial charge is 0.162 e. The molecule has 2 aliphatic heterocycles. The standard InChI is InChI=1S/C26H30N10O/c1-37-21-17-29-16-20-24(21)26(36-12-8-28-9-13-36)34-25(33-20)18-4-5-30-22(14-18)32-19-2-3-23(31-15-19)35-10-6-27-7-11-35/h2-5,14-17,27-28H,6-13H2,1H3,(H,30,32). The highest BCUT2D eigenvalue weighted by Crippen LogP contribution is 2.34. The van der Waals surface area contributed by atoms with E-state index >= 15 is 0 Å². The van der Waals surface area contributed by atoms with Crippen molar-refractivity contribution in [1.29, 1.82) is 0 Å². The Balaban J connectivity index is 1.30. The highest BCUT2D eigenvalue weighted by molar-refractivity contribution is 5.95. The van der Waals surface area contributed by atoms with E-state index < -0.39 is 0 Å². The van der Waals surface area contributed by atoms with Crippen molar-refractivity contribution in [3.8, 4) is 17.1 Å². The number of nitrogens with one attached hydrogen (secondary N) is 3. The van der Waals surface area contributed by atoms with Gasteiger partial charge < -0.3 is 30.5 Å². The van der Waals surface area contributed by atoms with Crippen LogP contribution in [0.2, 0.25) is 0 Å². The molecule has 0 saturated carbocycles. The van der Waals surface area contributed by atoms with E-state index in [4.69, 9.17) is 14.7 Å². The molecule has 6 heterocycles.